The van der Waals surface area contributed by atoms with Crippen LogP contribution in [0.4, 0.5) is 0 Å². The van der Waals surface area contributed by atoms with Crippen LogP contribution in [0.5, 0.6) is 0 Å². The number of nitrogens with one attached hydrogen (secondary N) is 1. The molecule has 2 rings (SSSR count). The Morgan fingerprint density at radius 2 is 2.16 bits per heavy atom. The van der Waals surface area contributed by atoms with Crippen molar-refractivity contribution in [3.63, 3.8) is 0 Å². The van der Waals surface area contributed by atoms with Gasteiger partial charge in [-0.15, -0.1) is 5.10 Å². The van der Waals surface area contributed by atoms with Gasteiger partial charge in [0.25, 0.3) is 0 Å². The normalized spacial score (nSPS) is 11.2. The number of tetrazole rings is 1. The minimum atomic E-state index is 0.498. The molecule has 0 fully saturated rings. The first-order chi connectivity index (χ1) is 9.06. The molecule has 0 aliphatic heterocycles. The van der Waals surface area contributed by atoms with E-state index in [0.29, 0.717) is 6.04 Å². The predicted octanol–water partition coefficient (Wildman–Crippen LogP) is 2.17. The number of aromatic nitrogens is 4. The van der Waals surface area contributed by atoms with E-state index in [1.54, 1.807) is 16.4 Å². The van der Waals surface area contributed by atoms with Gasteiger partial charge in [-0.05, 0) is 52.4 Å². The average Bonchev–Trinajstić information content (AvgIpc) is 2.74. The van der Waals surface area contributed by atoms with Gasteiger partial charge >= 0.3 is 0 Å². The highest BCUT2D eigenvalue weighted by atomic mass is 32.2. The maximum Gasteiger partial charge on any atom is 0.213 e. The van der Waals surface area contributed by atoms with Crippen molar-refractivity contribution in [1.29, 1.82) is 0 Å². The molecule has 0 radical (unpaired) electrons. The monoisotopic (exact) mass is 277 g/mol. The largest absolute Gasteiger partial charge is 0.310 e. The molecule has 19 heavy (non-hydrogen) atoms. The first-order valence-corrected chi connectivity index (χ1v) is 7.11. The SMILES string of the molecule is Cc1cc(Sc2nnnn2C)ccc1CNC(C)C. The number of hydrogen-bond acceptors (Lipinski definition) is 5. The Morgan fingerprint density at radius 3 is 2.74 bits per heavy atom. The van der Waals surface area contributed by atoms with E-state index in [9.17, 15) is 0 Å². The highest BCUT2D eigenvalue weighted by Gasteiger charge is 2.07. The van der Waals surface area contributed by atoms with Crippen LogP contribution in [0, 0.1) is 6.92 Å². The van der Waals surface area contributed by atoms with Crippen molar-refractivity contribution in [2.24, 2.45) is 7.05 Å². The molecule has 1 aromatic carbocycles. The van der Waals surface area contributed by atoms with Crippen LogP contribution in [0.15, 0.2) is 28.3 Å². The van der Waals surface area contributed by atoms with Gasteiger partial charge in [0, 0.05) is 24.5 Å². The van der Waals surface area contributed by atoms with Crippen LogP contribution in [0.2, 0.25) is 0 Å². The number of rotatable bonds is 5. The van der Waals surface area contributed by atoms with Gasteiger partial charge in [-0.2, -0.15) is 0 Å². The highest BCUT2D eigenvalue weighted by molar-refractivity contribution is 7.99. The van der Waals surface area contributed by atoms with Crippen LogP contribution in [-0.2, 0) is 13.6 Å². The topological polar surface area (TPSA) is 55.6 Å². The second-order valence-corrected chi connectivity index (χ2v) is 5.85. The molecule has 0 bridgehead atoms. The average molecular weight is 277 g/mol. The Hall–Kier alpha value is -1.40. The molecule has 102 valence electrons. The number of hydrogen-bond donors (Lipinski definition) is 1. The number of aryl methyl sites for hydroxylation is 2. The van der Waals surface area contributed by atoms with E-state index in [1.165, 1.54) is 11.1 Å². The molecule has 0 aliphatic rings. The maximum absolute atomic E-state index is 3.98. The molecule has 0 saturated heterocycles. The Bertz CT molecular complexity index is 550. The molecule has 0 amide bonds. The molecule has 5 nitrogen and oxygen atoms in total. The Labute approximate surface area is 117 Å². The van der Waals surface area contributed by atoms with Crippen LogP contribution in [0.25, 0.3) is 0 Å². The van der Waals surface area contributed by atoms with Crippen LogP contribution in [0.3, 0.4) is 0 Å². The first-order valence-electron chi connectivity index (χ1n) is 6.29. The van der Waals surface area contributed by atoms with E-state index in [4.69, 9.17) is 0 Å². The summed E-state index contributed by atoms with van der Waals surface area (Å²) in [6.45, 7) is 7.34. The Balaban J connectivity index is 2.08. The van der Waals surface area contributed by atoms with E-state index in [0.717, 1.165) is 16.6 Å². The zero-order valence-electron chi connectivity index (χ0n) is 11.7. The Kier molecular flexibility index (Phi) is 4.55. The summed E-state index contributed by atoms with van der Waals surface area (Å²) in [4.78, 5) is 1.16. The predicted molar refractivity (Wildman–Crippen MR) is 76.1 cm³/mol. The van der Waals surface area contributed by atoms with Gasteiger partial charge in [0.15, 0.2) is 0 Å². The van der Waals surface area contributed by atoms with Crippen molar-refractivity contribution in [3.05, 3.63) is 29.3 Å². The van der Waals surface area contributed by atoms with Crippen molar-refractivity contribution >= 4 is 11.8 Å². The molecule has 2 aromatic rings. The van der Waals surface area contributed by atoms with Crippen molar-refractivity contribution in [1.82, 2.24) is 25.5 Å². The van der Waals surface area contributed by atoms with Gasteiger partial charge in [-0.1, -0.05) is 19.9 Å². The van der Waals surface area contributed by atoms with Crippen molar-refractivity contribution in [2.75, 3.05) is 0 Å². The third-order valence-electron chi connectivity index (χ3n) is 2.81. The second-order valence-electron chi connectivity index (χ2n) is 4.81. The molecular formula is C13H19N5S. The van der Waals surface area contributed by atoms with Gasteiger partial charge in [0.1, 0.15) is 0 Å². The number of nitrogens with zero attached hydrogens (tertiary/aromatic N) is 4. The summed E-state index contributed by atoms with van der Waals surface area (Å²) in [6.07, 6.45) is 0. The smallest absolute Gasteiger partial charge is 0.213 e. The molecule has 6 heteroatoms. The van der Waals surface area contributed by atoms with Crippen LogP contribution >= 0.6 is 11.8 Å². The van der Waals surface area contributed by atoms with Gasteiger partial charge in [0.05, 0.1) is 0 Å². The molecule has 0 aliphatic carbocycles. The van der Waals surface area contributed by atoms with Crippen LogP contribution in [-0.4, -0.2) is 26.2 Å². The Morgan fingerprint density at radius 1 is 1.37 bits per heavy atom. The lowest BCUT2D eigenvalue weighted by Gasteiger charge is -2.11. The summed E-state index contributed by atoms with van der Waals surface area (Å²) < 4.78 is 1.67. The minimum absolute atomic E-state index is 0.498. The summed E-state index contributed by atoms with van der Waals surface area (Å²) in [5, 5.41) is 15.7. The summed E-state index contributed by atoms with van der Waals surface area (Å²) >= 11 is 1.57. The van der Waals surface area contributed by atoms with Crippen LogP contribution < -0.4 is 5.32 Å². The zero-order valence-corrected chi connectivity index (χ0v) is 12.5. The molecule has 1 heterocycles. The summed E-state index contributed by atoms with van der Waals surface area (Å²) in [7, 11) is 1.84. The van der Waals surface area contributed by atoms with E-state index >= 15 is 0 Å². The number of benzene rings is 1. The van der Waals surface area contributed by atoms with Crippen LogP contribution in [0.1, 0.15) is 25.0 Å². The fraction of sp³-hybridized carbons (Fsp3) is 0.462. The van der Waals surface area contributed by atoms with Gasteiger partial charge in [-0.3, -0.25) is 0 Å². The van der Waals surface area contributed by atoms with Gasteiger partial charge < -0.3 is 5.32 Å². The molecule has 0 atom stereocenters. The summed E-state index contributed by atoms with van der Waals surface area (Å²) in [5.41, 5.74) is 2.61. The minimum Gasteiger partial charge on any atom is -0.310 e. The molecular weight excluding hydrogens is 258 g/mol. The third-order valence-corrected chi connectivity index (χ3v) is 3.82. The lowest BCUT2D eigenvalue weighted by molar-refractivity contribution is 0.587. The summed E-state index contributed by atoms with van der Waals surface area (Å²) in [6, 6.07) is 6.95. The lowest BCUT2D eigenvalue weighted by atomic mass is 10.1. The fourth-order valence-corrected chi connectivity index (χ4v) is 2.49. The maximum atomic E-state index is 3.98. The van der Waals surface area contributed by atoms with Gasteiger partial charge in [0.2, 0.25) is 5.16 Å². The van der Waals surface area contributed by atoms with Crippen molar-refractivity contribution in [2.45, 2.75) is 43.4 Å². The molecule has 0 unspecified atom stereocenters. The van der Waals surface area contributed by atoms with Crippen molar-refractivity contribution < 1.29 is 0 Å². The lowest BCUT2D eigenvalue weighted by Crippen LogP contribution is -2.22. The summed E-state index contributed by atoms with van der Waals surface area (Å²) in [5.74, 6) is 0. The fourth-order valence-electron chi connectivity index (χ4n) is 1.66. The quantitative estimate of drug-likeness (QED) is 0.907. The van der Waals surface area contributed by atoms with E-state index in [1.807, 2.05) is 7.05 Å². The molecule has 0 spiro atoms. The standard InChI is InChI=1S/C13H19N5S/c1-9(2)14-8-11-5-6-12(7-10(11)3)19-13-15-16-17-18(13)4/h5-7,9,14H,8H2,1-4H3. The highest BCUT2D eigenvalue weighted by Crippen LogP contribution is 2.26. The molecule has 1 N–H and O–H groups in total. The van der Waals surface area contributed by atoms with E-state index < -0.39 is 0 Å². The van der Waals surface area contributed by atoms with Crippen molar-refractivity contribution in [3.8, 4) is 0 Å². The first kappa shape index (κ1) is 14.0. The second kappa shape index (κ2) is 6.16. The molecule has 1 aromatic heterocycles. The molecule has 0 saturated carbocycles. The zero-order chi connectivity index (χ0) is 13.8. The van der Waals surface area contributed by atoms with Gasteiger partial charge in [-0.25, -0.2) is 4.68 Å². The van der Waals surface area contributed by atoms with E-state index in [-0.39, 0.29) is 0 Å². The third kappa shape index (κ3) is 3.78. The van der Waals surface area contributed by atoms with E-state index in [2.05, 4.69) is 59.8 Å².